The number of aromatic hydroxyl groups is 1. The van der Waals surface area contributed by atoms with Gasteiger partial charge in [0.15, 0.2) is 0 Å². The number of aryl methyl sites for hydroxylation is 1. The SMILES string of the molecule is Cc1ncc2c(c1O)[C@@H](N1CCOCC1)OC2. The van der Waals surface area contributed by atoms with E-state index < -0.39 is 0 Å². The molecular weight excluding hydrogens is 220 g/mol. The quantitative estimate of drug-likeness (QED) is 0.787. The van der Waals surface area contributed by atoms with Gasteiger partial charge in [0.2, 0.25) is 0 Å². The molecule has 3 rings (SSSR count). The van der Waals surface area contributed by atoms with Crippen molar-refractivity contribution in [1.82, 2.24) is 9.88 Å². The second kappa shape index (κ2) is 4.25. The van der Waals surface area contributed by atoms with Gasteiger partial charge in [0.1, 0.15) is 12.0 Å². The minimum absolute atomic E-state index is 0.143. The van der Waals surface area contributed by atoms with Crippen molar-refractivity contribution in [3.8, 4) is 5.75 Å². The van der Waals surface area contributed by atoms with Gasteiger partial charge in [-0.25, -0.2) is 0 Å². The van der Waals surface area contributed by atoms with Gasteiger partial charge in [-0.2, -0.15) is 0 Å². The molecule has 0 radical (unpaired) electrons. The lowest BCUT2D eigenvalue weighted by atomic mass is 10.1. The fourth-order valence-corrected chi connectivity index (χ4v) is 2.39. The third kappa shape index (κ3) is 1.80. The Kier molecular flexibility index (Phi) is 2.74. The minimum atomic E-state index is -0.143. The number of hydrogen-bond donors (Lipinski definition) is 1. The molecule has 1 fully saturated rings. The molecule has 1 saturated heterocycles. The second-order valence-electron chi connectivity index (χ2n) is 4.44. The number of morpholine rings is 1. The molecule has 2 aliphatic rings. The summed E-state index contributed by atoms with van der Waals surface area (Å²) in [5, 5.41) is 10.1. The van der Waals surface area contributed by atoms with E-state index in [0.717, 1.165) is 37.4 Å². The smallest absolute Gasteiger partial charge is 0.144 e. The molecule has 0 aromatic carbocycles. The highest BCUT2D eigenvalue weighted by molar-refractivity contribution is 5.43. The molecule has 0 saturated carbocycles. The molecule has 1 atom stereocenters. The van der Waals surface area contributed by atoms with E-state index in [1.165, 1.54) is 0 Å². The first-order valence-electron chi connectivity index (χ1n) is 5.88. The lowest BCUT2D eigenvalue weighted by Gasteiger charge is -2.32. The fourth-order valence-electron chi connectivity index (χ4n) is 2.39. The molecule has 0 amide bonds. The predicted molar refractivity (Wildman–Crippen MR) is 60.6 cm³/mol. The van der Waals surface area contributed by atoms with Crippen molar-refractivity contribution in [3.05, 3.63) is 23.0 Å². The van der Waals surface area contributed by atoms with Crippen LogP contribution in [0.15, 0.2) is 6.20 Å². The van der Waals surface area contributed by atoms with Crippen LogP contribution in [-0.2, 0) is 16.1 Å². The second-order valence-corrected chi connectivity index (χ2v) is 4.44. The Morgan fingerprint density at radius 1 is 1.41 bits per heavy atom. The van der Waals surface area contributed by atoms with Crippen molar-refractivity contribution in [2.24, 2.45) is 0 Å². The maximum Gasteiger partial charge on any atom is 0.144 e. The van der Waals surface area contributed by atoms with E-state index in [2.05, 4.69) is 9.88 Å². The summed E-state index contributed by atoms with van der Waals surface area (Å²) in [7, 11) is 0. The van der Waals surface area contributed by atoms with Crippen LogP contribution in [0.4, 0.5) is 0 Å². The maximum atomic E-state index is 10.1. The van der Waals surface area contributed by atoms with Crippen LogP contribution in [-0.4, -0.2) is 41.3 Å². The van der Waals surface area contributed by atoms with Crippen LogP contribution in [0, 0.1) is 6.92 Å². The third-order valence-electron chi connectivity index (χ3n) is 3.38. The number of nitrogens with zero attached hydrogens (tertiary/aromatic N) is 2. The zero-order chi connectivity index (χ0) is 11.8. The van der Waals surface area contributed by atoms with Crippen LogP contribution in [0.2, 0.25) is 0 Å². The molecule has 0 aliphatic carbocycles. The molecule has 1 aromatic heterocycles. The highest BCUT2D eigenvalue weighted by Crippen LogP contribution is 2.39. The van der Waals surface area contributed by atoms with Crippen LogP contribution in [0.1, 0.15) is 23.0 Å². The summed E-state index contributed by atoms with van der Waals surface area (Å²) >= 11 is 0. The Morgan fingerprint density at radius 3 is 2.94 bits per heavy atom. The molecule has 5 heteroatoms. The summed E-state index contributed by atoms with van der Waals surface area (Å²) in [6.45, 7) is 5.46. The molecule has 5 nitrogen and oxygen atoms in total. The van der Waals surface area contributed by atoms with Gasteiger partial charge in [-0.15, -0.1) is 0 Å². The van der Waals surface area contributed by atoms with Crippen LogP contribution in [0.3, 0.4) is 0 Å². The average Bonchev–Trinajstić information content (AvgIpc) is 2.79. The molecule has 92 valence electrons. The first kappa shape index (κ1) is 11.0. The lowest BCUT2D eigenvalue weighted by Crippen LogP contribution is -2.39. The fraction of sp³-hybridized carbons (Fsp3) is 0.583. The molecular formula is C12H16N2O3. The number of fused-ring (bicyclic) bond motifs is 1. The van der Waals surface area contributed by atoms with Gasteiger partial charge in [-0.05, 0) is 6.92 Å². The predicted octanol–water partition coefficient (Wildman–Crippen LogP) is 0.957. The Balaban J connectivity index is 1.94. The normalized spacial score (nSPS) is 24.9. The summed E-state index contributed by atoms with van der Waals surface area (Å²) in [6, 6.07) is 0. The van der Waals surface area contributed by atoms with Gasteiger partial charge < -0.3 is 14.6 Å². The number of hydrogen-bond acceptors (Lipinski definition) is 5. The van der Waals surface area contributed by atoms with Crippen LogP contribution < -0.4 is 0 Å². The number of pyridine rings is 1. The van der Waals surface area contributed by atoms with Crippen molar-refractivity contribution >= 4 is 0 Å². The number of aromatic nitrogens is 1. The van der Waals surface area contributed by atoms with Crippen LogP contribution >= 0.6 is 0 Å². The topological polar surface area (TPSA) is 54.8 Å². The molecule has 0 bridgehead atoms. The first-order valence-corrected chi connectivity index (χ1v) is 5.88. The summed E-state index contributed by atoms with van der Waals surface area (Å²) in [4.78, 5) is 6.36. The van der Waals surface area contributed by atoms with Crippen molar-refractivity contribution in [3.63, 3.8) is 0 Å². The van der Waals surface area contributed by atoms with Crippen LogP contribution in [0.5, 0.6) is 5.75 Å². The van der Waals surface area contributed by atoms with Gasteiger partial charge in [0.25, 0.3) is 0 Å². The van der Waals surface area contributed by atoms with E-state index >= 15 is 0 Å². The Morgan fingerprint density at radius 2 is 2.18 bits per heavy atom. The average molecular weight is 236 g/mol. The summed E-state index contributed by atoms with van der Waals surface area (Å²) < 4.78 is 11.1. The van der Waals surface area contributed by atoms with E-state index in [-0.39, 0.29) is 12.0 Å². The van der Waals surface area contributed by atoms with Gasteiger partial charge in [-0.1, -0.05) is 0 Å². The van der Waals surface area contributed by atoms with E-state index in [0.29, 0.717) is 12.3 Å². The monoisotopic (exact) mass is 236 g/mol. The van der Waals surface area contributed by atoms with Gasteiger partial charge >= 0.3 is 0 Å². The lowest BCUT2D eigenvalue weighted by molar-refractivity contribution is -0.0919. The first-order chi connectivity index (χ1) is 8.27. The standard InChI is InChI=1S/C12H16N2O3/c1-8-11(15)10-9(6-13-8)7-17-12(10)14-2-4-16-5-3-14/h6,12,15H,2-5,7H2,1H3/t12-/m0/s1. The Hall–Kier alpha value is -1.17. The minimum Gasteiger partial charge on any atom is -0.506 e. The van der Waals surface area contributed by atoms with E-state index in [1.807, 2.05) is 6.92 Å². The summed E-state index contributed by atoms with van der Waals surface area (Å²) in [5.41, 5.74) is 2.54. The molecule has 1 N–H and O–H groups in total. The van der Waals surface area contributed by atoms with Gasteiger partial charge in [-0.3, -0.25) is 9.88 Å². The van der Waals surface area contributed by atoms with Crippen molar-refractivity contribution in [2.75, 3.05) is 26.3 Å². The Bertz CT molecular complexity index is 430. The van der Waals surface area contributed by atoms with Crippen molar-refractivity contribution in [1.29, 1.82) is 0 Å². The summed E-state index contributed by atoms with van der Waals surface area (Å²) in [5.74, 6) is 0.275. The van der Waals surface area contributed by atoms with E-state index in [1.54, 1.807) is 6.20 Å². The highest BCUT2D eigenvalue weighted by Gasteiger charge is 2.33. The molecule has 3 heterocycles. The van der Waals surface area contributed by atoms with Crippen LogP contribution in [0.25, 0.3) is 0 Å². The number of ether oxygens (including phenoxy) is 2. The zero-order valence-corrected chi connectivity index (χ0v) is 9.85. The molecule has 0 spiro atoms. The van der Waals surface area contributed by atoms with Crippen molar-refractivity contribution < 1.29 is 14.6 Å². The van der Waals surface area contributed by atoms with E-state index in [9.17, 15) is 5.11 Å². The van der Waals surface area contributed by atoms with Crippen molar-refractivity contribution in [2.45, 2.75) is 19.8 Å². The molecule has 17 heavy (non-hydrogen) atoms. The van der Waals surface area contributed by atoms with E-state index in [4.69, 9.17) is 9.47 Å². The third-order valence-corrected chi connectivity index (χ3v) is 3.38. The maximum absolute atomic E-state index is 10.1. The largest absolute Gasteiger partial charge is 0.506 e. The molecule has 0 unspecified atom stereocenters. The van der Waals surface area contributed by atoms with Gasteiger partial charge in [0, 0.05) is 30.4 Å². The Labute approximate surface area is 100.0 Å². The summed E-state index contributed by atoms with van der Waals surface area (Å²) in [6.07, 6.45) is 1.65. The van der Waals surface area contributed by atoms with Gasteiger partial charge in [0.05, 0.1) is 25.5 Å². The molecule has 2 aliphatic heterocycles. The highest BCUT2D eigenvalue weighted by atomic mass is 16.5. The molecule has 1 aromatic rings. The number of rotatable bonds is 1. The zero-order valence-electron chi connectivity index (χ0n) is 9.85.